The van der Waals surface area contributed by atoms with Crippen molar-refractivity contribution in [2.24, 2.45) is 0 Å². The number of ether oxygens (including phenoxy) is 1. The Balaban J connectivity index is 2.62. The molecule has 3 heteroatoms. The van der Waals surface area contributed by atoms with Crippen LogP contribution < -0.4 is 4.74 Å². The molecule has 0 saturated heterocycles. The molecular weight excluding hydrogens is 255 g/mol. The first-order valence-electron chi connectivity index (χ1n) is 6.50. The molecule has 0 atom stereocenters. The quantitative estimate of drug-likeness (QED) is 0.873. The third kappa shape index (κ3) is 2.77. The van der Waals surface area contributed by atoms with Crippen molar-refractivity contribution in [3.8, 4) is 22.6 Å². The standard InChI is InChI=1S/C17H19FO2/c1-17(2,3)14-9-11(5-7-15(14)19)13-10-12(18)6-8-16(13)20-4/h5-10,19H,1-4H3. The molecule has 2 aromatic carbocycles. The van der Waals surface area contributed by atoms with Crippen molar-refractivity contribution in [1.82, 2.24) is 0 Å². The summed E-state index contributed by atoms with van der Waals surface area (Å²) in [7, 11) is 1.56. The number of rotatable bonds is 2. The maximum absolute atomic E-state index is 13.5. The number of hydrogen-bond acceptors (Lipinski definition) is 2. The molecule has 0 radical (unpaired) electrons. The molecule has 0 aliphatic carbocycles. The zero-order valence-electron chi connectivity index (χ0n) is 12.2. The molecule has 0 aliphatic rings. The molecule has 20 heavy (non-hydrogen) atoms. The average Bonchev–Trinajstić information content (AvgIpc) is 2.38. The number of aromatic hydroxyl groups is 1. The topological polar surface area (TPSA) is 29.5 Å². The lowest BCUT2D eigenvalue weighted by molar-refractivity contribution is 0.415. The fraction of sp³-hybridized carbons (Fsp3) is 0.294. The molecule has 0 heterocycles. The SMILES string of the molecule is COc1ccc(F)cc1-c1ccc(O)c(C(C)(C)C)c1. The van der Waals surface area contributed by atoms with Crippen LogP contribution >= 0.6 is 0 Å². The molecule has 0 saturated carbocycles. The van der Waals surface area contributed by atoms with E-state index in [-0.39, 0.29) is 17.0 Å². The normalized spacial score (nSPS) is 11.4. The van der Waals surface area contributed by atoms with Crippen LogP contribution in [-0.4, -0.2) is 12.2 Å². The van der Waals surface area contributed by atoms with E-state index in [0.29, 0.717) is 11.3 Å². The number of halogens is 1. The van der Waals surface area contributed by atoms with Crippen molar-refractivity contribution in [2.45, 2.75) is 26.2 Å². The Kier molecular flexibility index (Phi) is 3.71. The number of methoxy groups -OCH3 is 1. The van der Waals surface area contributed by atoms with Gasteiger partial charge in [0.15, 0.2) is 0 Å². The van der Waals surface area contributed by atoms with Crippen LogP contribution in [0.2, 0.25) is 0 Å². The highest BCUT2D eigenvalue weighted by Gasteiger charge is 2.19. The Bertz CT molecular complexity index is 627. The van der Waals surface area contributed by atoms with Crippen LogP contribution in [0.25, 0.3) is 11.1 Å². The van der Waals surface area contributed by atoms with Crippen molar-refractivity contribution < 1.29 is 14.2 Å². The predicted molar refractivity (Wildman–Crippen MR) is 78.8 cm³/mol. The van der Waals surface area contributed by atoms with Gasteiger partial charge in [0.25, 0.3) is 0 Å². The summed E-state index contributed by atoms with van der Waals surface area (Å²) in [5.41, 5.74) is 2.13. The molecule has 0 amide bonds. The minimum Gasteiger partial charge on any atom is -0.508 e. The number of phenolic OH excluding ortho intramolecular Hbond substituents is 1. The zero-order chi connectivity index (χ0) is 14.9. The van der Waals surface area contributed by atoms with Gasteiger partial charge in [0.2, 0.25) is 0 Å². The van der Waals surface area contributed by atoms with E-state index in [1.165, 1.54) is 12.1 Å². The summed E-state index contributed by atoms with van der Waals surface area (Å²) >= 11 is 0. The summed E-state index contributed by atoms with van der Waals surface area (Å²) in [5.74, 6) is 0.541. The molecule has 106 valence electrons. The van der Waals surface area contributed by atoms with Crippen LogP contribution in [0, 0.1) is 5.82 Å². The molecule has 2 aromatic rings. The zero-order valence-corrected chi connectivity index (χ0v) is 12.2. The van der Waals surface area contributed by atoms with Gasteiger partial charge in [-0.25, -0.2) is 4.39 Å². The minimum atomic E-state index is -0.314. The van der Waals surface area contributed by atoms with Gasteiger partial charge in [0.1, 0.15) is 17.3 Å². The van der Waals surface area contributed by atoms with E-state index >= 15 is 0 Å². The smallest absolute Gasteiger partial charge is 0.126 e. The number of hydrogen-bond donors (Lipinski definition) is 1. The van der Waals surface area contributed by atoms with Crippen molar-refractivity contribution in [2.75, 3.05) is 7.11 Å². The molecule has 2 nitrogen and oxygen atoms in total. The predicted octanol–water partition coefficient (Wildman–Crippen LogP) is 4.50. The van der Waals surface area contributed by atoms with Gasteiger partial charge < -0.3 is 9.84 Å². The lowest BCUT2D eigenvalue weighted by Gasteiger charge is -2.21. The fourth-order valence-electron chi connectivity index (χ4n) is 2.21. The van der Waals surface area contributed by atoms with Crippen LogP contribution in [0.15, 0.2) is 36.4 Å². The molecule has 0 fully saturated rings. The maximum Gasteiger partial charge on any atom is 0.126 e. The minimum absolute atomic E-state index is 0.194. The molecule has 0 unspecified atom stereocenters. The Morgan fingerprint density at radius 1 is 1.05 bits per heavy atom. The van der Waals surface area contributed by atoms with Crippen molar-refractivity contribution in [3.05, 3.63) is 47.8 Å². The van der Waals surface area contributed by atoms with Crippen molar-refractivity contribution in [1.29, 1.82) is 0 Å². The van der Waals surface area contributed by atoms with Gasteiger partial charge in [0.05, 0.1) is 7.11 Å². The molecule has 0 aromatic heterocycles. The number of benzene rings is 2. The van der Waals surface area contributed by atoms with E-state index < -0.39 is 0 Å². The van der Waals surface area contributed by atoms with Gasteiger partial charge >= 0.3 is 0 Å². The van der Waals surface area contributed by atoms with E-state index in [9.17, 15) is 9.50 Å². The first-order chi connectivity index (χ1) is 9.32. The average molecular weight is 274 g/mol. The molecule has 0 aliphatic heterocycles. The second kappa shape index (κ2) is 5.16. The van der Waals surface area contributed by atoms with Crippen LogP contribution in [0.3, 0.4) is 0 Å². The molecular formula is C17H19FO2. The molecule has 1 N–H and O–H groups in total. The second-order valence-electron chi connectivity index (χ2n) is 5.83. The first-order valence-corrected chi connectivity index (χ1v) is 6.50. The lowest BCUT2D eigenvalue weighted by Crippen LogP contribution is -2.11. The Morgan fingerprint density at radius 2 is 1.75 bits per heavy atom. The highest BCUT2D eigenvalue weighted by Crippen LogP contribution is 2.37. The lowest BCUT2D eigenvalue weighted by atomic mass is 9.84. The van der Waals surface area contributed by atoms with Gasteiger partial charge in [-0.3, -0.25) is 0 Å². The van der Waals surface area contributed by atoms with E-state index in [0.717, 1.165) is 11.1 Å². The summed E-state index contributed by atoms with van der Waals surface area (Å²) < 4.78 is 18.8. The summed E-state index contributed by atoms with van der Waals surface area (Å²) in [6.45, 7) is 6.07. The van der Waals surface area contributed by atoms with Crippen molar-refractivity contribution >= 4 is 0 Å². The largest absolute Gasteiger partial charge is 0.508 e. The maximum atomic E-state index is 13.5. The number of phenols is 1. The highest BCUT2D eigenvalue weighted by atomic mass is 19.1. The summed E-state index contributed by atoms with van der Waals surface area (Å²) in [6.07, 6.45) is 0. The summed E-state index contributed by atoms with van der Waals surface area (Å²) in [5, 5.41) is 9.99. The molecule has 0 spiro atoms. The van der Waals surface area contributed by atoms with Crippen LogP contribution in [0.5, 0.6) is 11.5 Å². The van der Waals surface area contributed by atoms with E-state index in [1.807, 2.05) is 26.8 Å². The molecule has 2 rings (SSSR count). The highest BCUT2D eigenvalue weighted by molar-refractivity contribution is 5.72. The van der Waals surface area contributed by atoms with Gasteiger partial charge in [-0.2, -0.15) is 0 Å². The molecule has 0 bridgehead atoms. The third-order valence-corrected chi connectivity index (χ3v) is 3.28. The van der Waals surface area contributed by atoms with E-state index in [4.69, 9.17) is 4.74 Å². The Labute approximate surface area is 118 Å². The van der Waals surface area contributed by atoms with Crippen LogP contribution in [-0.2, 0) is 5.41 Å². The Hall–Kier alpha value is -2.03. The van der Waals surface area contributed by atoms with Gasteiger partial charge in [-0.1, -0.05) is 26.8 Å². The van der Waals surface area contributed by atoms with Crippen LogP contribution in [0.1, 0.15) is 26.3 Å². The third-order valence-electron chi connectivity index (χ3n) is 3.28. The van der Waals surface area contributed by atoms with Crippen molar-refractivity contribution in [3.63, 3.8) is 0 Å². The second-order valence-corrected chi connectivity index (χ2v) is 5.83. The van der Waals surface area contributed by atoms with E-state index in [1.54, 1.807) is 25.3 Å². The first kappa shape index (κ1) is 14.4. The summed E-state index contributed by atoms with van der Waals surface area (Å²) in [4.78, 5) is 0. The van der Waals surface area contributed by atoms with Crippen LogP contribution in [0.4, 0.5) is 4.39 Å². The monoisotopic (exact) mass is 274 g/mol. The van der Waals surface area contributed by atoms with Gasteiger partial charge in [-0.05, 0) is 46.9 Å². The van der Waals surface area contributed by atoms with E-state index in [2.05, 4.69) is 0 Å². The Morgan fingerprint density at radius 3 is 2.35 bits per heavy atom. The van der Waals surface area contributed by atoms with Gasteiger partial charge in [-0.15, -0.1) is 0 Å². The summed E-state index contributed by atoms with van der Waals surface area (Å²) in [6, 6.07) is 9.70. The fourth-order valence-corrected chi connectivity index (χ4v) is 2.21. The van der Waals surface area contributed by atoms with Gasteiger partial charge in [0, 0.05) is 5.56 Å².